The fraction of sp³-hybridized carbons (Fsp3) is 0.792. The number of hydrogen-bond acceptors (Lipinski definition) is 4. The van der Waals surface area contributed by atoms with Crippen molar-refractivity contribution in [3.05, 3.63) is 58.9 Å². The molecule has 0 aromatic rings. The zero-order valence-corrected chi connectivity index (χ0v) is 41.8. The molecule has 4 aliphatic carbocycles. The van der Waals surface area contributed by atoms with Crippen LogP contribution in [-0.2, 0) is 4.79 Å². The molecule has 5 heteroatoms. The van der Waals surface area contributed by atoms with Crippen molar-refractivity contribution in [2.75, 3.05) is 13.1 Å². The smallest absolute Gasteiger partial charge is 0.217 e. The number of nitrogens with one attached hydrogen (secondary N) is 4. The molecule has 4 N–H and O–H groups in total. The number of carbonyl (C=O) groups is 1. The average Bonchev–Trinajstić information content (AvgIpc) is 3.09. The van der Waals surface area contributed by atoms with Crippen LogP contribution in [0.1, 0.15) is 202 Å². The summed E-state index contributed by atoms with van der Waals surface area (Å²) in [7, 11) is 0. The molecular formula is C53H98N4O. The van der Waals surface area contributed by atoms with Crippen molar-refractivity contribution in [1.82, 2.24) is 21.3 Å². The Morgan fingerprint density at radius 2 is 0.776 bits per heavy atom. The molecule has 4 rings (SSSR count). The van der Waals surface area contributed by atoms with Gasteiger partial charge in [0, 0.05) is 36.8 Å². The maximum atomic E-state index is 10.9. The molecule has 58 heavy (non-hydrogen) atoms. The van der Waals surface area contributed by atoms with Crippen molar-refractivity contribution in [3.63, 3.8) is 0 Å². The van der Waals surface area contributed by atoms with Crippen LogP contribution in [0.2, 0.25) is 0 Å². The minimum Gasteiger partial charge on any atom is -0.386 e. The molecule has 0 aromatic carbocycles. The Balaban J connectivity index is 0.000000387. The van der Waals surface area contributed by atoms with Crippen LogP contribution < -0.4 is 21.3 Å². The normalized spacial score (nSPS) is 23.0. The molecule has 0 spiro atoms. The number of rotatable bonds is 9. The van der Waals surface area contributed by atoms with Crippen LogP contribution in [0.15, 0.2) is 58.9 Å². The first kappa shape index (κ1) is 53.9. The lowest BCUT2D eigenvalue weighted by Crippen LogP contribution is -2.34. The Morgan fingerprint density at radius 1 is 0.517 bits per heavy atom. The molecule has 0 aliphatic heterocycles. The van der Waals surface area contributed by atoms with Crippen LogP contribution in [0.4, 0.5) is 0 Å². The standard InChI is InChI=1S/2C14H27N.C13H23N.C12H21NO/c2*1-11(2)10-15-13-8-6-12(7-9-13)14(3,4)5;1-10(2)14-12-8-6-11(7-9-12)13(3,4)5;1-9(14)13-11-7-5-10(6-8-11)12(2,3)4/h2*6,11,13,15H,7-10H2,1-5H3;6,12,14H,1,7-9H2,2-5H3;5,11H,6-8H2,1-4H3,(H,13,14)/t2*13-;12-;11-/m1010/s1. The van der Waals surface area contributed by atoms with E-state index >= 15 is 0 Å². The van der Waals surface area contributed by atoms with E-state index in [9.17, 15) is 4.79 Å². The molecule has 5 nitrogen and oxygen atoms in total. The third-order valence-corrected chi connectivity index (χ3v) is 12.0. The zero-order chi connectivity index (χ0) is 44.5. The highest BCUT2D eigenvalue weighted by Crippen LogP contribution is 2.36. The molecule has 336 valence electrons. The summed E-state index contributed by atoms with van der Waals surface area (Å²) in [6, 6.07) is 2.41. The maximum Gasteiger partial charge on any atom is 0.217 e. The van der Waals surface area contributed by atoms with Gasteiger partial charge in [-0.1, -0.05) is 164 Å². The van der Waals surface area contributed by atoms with E-state index in [0.29, 0.717) is 33.7 Å². The van der Waals surface area contributed by atoms with Crippen LogP contribution in [0.5, 0.6) is 0 Å². The van der Waals surface area contributed by atoms with Gasteiger partial charge in [-0.25, -0.2) is 0 Å². The minimum atomic E-state index is 0.0857. The fourth-order valence-corrected chi connectivity index (χ4v) is 8.14. The summed E-state index contributed by atoms with van der Waals surface area (Å²) < 4.78 is 0. The highest BCUT2D eigenvalue weighted by molar-refractivity contribution is 5.73. The number of hydrogen-bond donors (Lipinski definition) is 4. The van der Waals surface area contributed by atoms with E-state index in [-0.39, 0.29) is 5.91 Å². The molecule has 4 atom stereocenters. The van der Waals surface area contributed by atoms with Crippen LogP contribution in [0.3, 0.4) is 0 Å². The number of carbonyl (C=O) groups excluding carboxylic acids is 1. The quantitative estimate of drug-likeness (QED) is 0.175. The second-order valence-corrected chi connectivity index (χ2v) is 23.0. The molecule has 0 radical (unpaired) electrons. The van der Waals surface area contributed by atoms with Gasteiger partial charge in [-0.15, -0.1) is 0 Å². The van der Waals surface area contributed by atoms with Crippen LogP contribution in [0, 0.1) is 33.5 Å². The summed E-state index contributed by atoms with van der Waals surface area (Å²) in [6.07, 6.45) is 24.1. The van der Waals surface area contributed by atoms with Crippen molar-refractivity contribution < 1.29 is 4.79 Å². The average molecular weight is 807 g/mol. The lowest BCUT2D eigenvalue weighted by molar-refractivity contribution is -0.119. The predicted octanol–water partition coefficient (Wildman–Crippen LogP) is 13.8. The van der Waals surface area contributed by atoms with Crippen molar-refractivity contribution >= 4 is 5.91 Å². The van der Waals surface area contributed by atoms with Crippen molar-refractivity contribution in [1.29, 1.82) is 0 Å². The van der Waals surface area contributed by atoms with Crippen LogP contribution in [-0.4, -0.2) is 43.2 Å². The molecule has 0 heterocycles. The minimum absolute atomic E-state index is 0.0857. The molecular weight excluding hydrogens is 709 g/mol. The molecule has 0 fully saturated rings. The molecule has 1 amide bonds. The second kappa shape index (κ2) is 25.0. The highest BCUT2D eigenvalue weighted by atomic mass is 16.1. The van der Waals surface area contributed by atoms with Gasteiger partial charge in [0.15, 0.2) is 0 Å². The topological polar surface area (TPSA) is 65.2 Å². The summed E-state index contributed by atoms with van der Waals surface area (Å²) in [5.41, 5.74) is 8.91. The monoisotopic (exact) mass is 807 g/mol. The first-order valence-electron chi connectivity index (χ1n) is 23.5. The summed E-state index contributed by atoms with van der Waals surface area (Å²) in [6.45, 7) is 46.4. The largest absolute Gasteiger partial charge is 0.386 e. The number of allylic oxidation sites excluding steroid dienone is 5. The van der Waals surface area contributed by atoms with Crippen molar-refractivity contribution in [2.45, 2.75) is 226 Å². The Bertz CT molecular complexity index is 1240. The van der Waals surface area contributed by atoms with E-state index in [1.165, 1.54) is 56.9 Å². The van der Waals surface area contributed by atoms with E-state index in [1.807, 2.05) is 6.92 Å². The van der Waals surface area contributed by atoms with Gasteiger partial charge in [0.1, 0.15) is 0 Å². The molecule has 0 bridgehead atoms. The van der Waals surface area contributed by atoms with Crippen molar-refractivity contribution in [2.24, 2.45) is 33.5 Å². The lowest BCUT2D eigenvalue weighted by Gasteiger charge is -2.30. The molecule has 0 saturated heterocycles. The van der Waals surface area contributed by atoms with Crippen LogP contribution >= 0.6 is 0 Å². The summed E-state index contributed by atoms with van der Waals surface area (Å²) >= 11 is 0. The van der Waals surface area contributed by atoms with Gasteiger partial charge >= 0.3 is 0 Å². The van der Waals surface area contributed by atoms with Gasteiger partial charge in [-0.05, 0) is 131 Å². The first-order valence-corrected chi connectivity index (χ1v) is 23.5. The predicted molar refractivity (Wildman–Crippen MR) is 258 cm³/mol. The summed E-state index contributed by atoms with van der Waals surface area (Å²) in [5, 5.41) is 13.7. The van der Waals surface area contributed by atoms with E-state index in [0.717, 1.165) is 68.4 Å². The van der Waals surface area contributed by atoms with Gasteiger partial charge in [-0.3, -0.25) is 4.79 Å². The third kappa shape index (κ3) is 23.6. The maximum absolute atomic E-state index is 10.9. The summed E-state index contributed by atoms with van der Waals surface area (Å²) in [5.74, 6) is 1.61. The van der Waals surface area contributed by atoms with E-state index in [4.69, 9.17) is 0 Å². The fourth-order valence-electron chi connectivity index (χ4n) is 8.14. The molecule has 0 saturated carbocycles. The van der Waals surface area contributed by atoms with Gasteiger partial charge < -0.3 is 21.3 Å². The van der Waals surface area contributed by atoms with Gasteiger partial charge in [0.25, 0.3) is 0 Å². The van der Waals surface area contributed by atoms with E-state index in [2.05, 4.69) is 163 Å². The number of amides is 1. The third-order valence-electron chi connectivity index (χ3n) is 12.0. The van der Waals surface area contributed by atoms with Crippen molar-refractivity contribution in [3.8, 4) is 0 Å². The lowest BCUT2D eigenvalue weighted by atomic mass is 9.79. The van der Waals surface area contributed by atoms with Gasteiger partial charge in [0.2, 0.25) is 5.91 Å². The molecule has 0 unspecified atom stereocenters. The van der Waals surface area contributed by atoms with Gasteiger partial charge in [0.05, 0.1) is 0 Å². The molecule has 0 aromatic heterocycles. The first-order chi connectivity index (χ1) is 26.6. The Labute approximate surface area is 362 Å². The van der Waals surface area contributed by atoms with Crippen LogP contribution in [0.25, 0.3) is 0 Å². The summed E-state index contributed by atoms with van der Waals surface area (Å²) in [4.78, 5) is 10.9. The zero-order valence-electron chi connectivity index (χ0n) is 41.8. The molecule has 4 aliphatic rings. The van der Waals surface area contributed by atoms with Gasteiger partial charge in [-0.2, -0.15) is 0 Å². The second-order valence-electron chi connectivity index (χ2n) is 23.0. The Kier molecular flexibility index (Phi) is 23.2. The van der Waals surface area contributed by atoms with E-state index < -0.39 is 0 Å². The highest BCUT2D eigenvalue weighted by Gasteiger charge is 2.25. The Hall–Kier alpha value is -2.11. The Morgan fingerprint density at radius 3 is 0.966 bits per heavy atom. The SMILES string of the molecule is C=C(C)N[C@@H]1CC=C(C(C)(C)C)CC1.CC(=O)N[C@H]1CC=C(C(C)(C)C)CC1.CC(C)CN[C@@H]1CC=C(C(C)(C)C)CC1.CC(C)CN[C@H]1CC=C(C(C)(C)C)CC1. The van der Waals surface area contributed by atoms with E-state index in [1.54, 1.807) is 23.6 Å².